The Bertz CT molecular complexity index is 493. The maximum Gasteiger partial charge on any atom is 0.222 e. The van der Waals surface area contributed by atoms with E-state index in [9.17, 15) is 0 Å². The number of nitrogen functional groups attached to an aromatic ring is 1. The largest absolute Gasteiger partial charge is 0.368 e. The molecule has 2 aliphatic rings. The van der Waals surface area contributed by atoms with Crippen molar-refractivity contribution in [1.82, 2.24) is 14.9 Å². The Labute approximate surface area is 131 Å². The third-order valence-electron chi connectivity index (χ3n) is 4.65. The zero-order valence-electron chi connectivity index (χ0n) is 12.7. The molecule has 2 saturated heterocycles. The molecule has 6 heteroatoms. The van der Waals surface area contributed by atoms with E-state index in [-0.39, 0.29) is 0 Å². The minimum atomic E-state index is 0.311. The number of aryl methyl sites for hydroxylation is 1. The van der Waals surface area contributed by atoms with Crippen LogP contribution in [0, 0.1) is 12.8 Å². The second kappa shape index (κ2) is 6.36. The van der Waals surface area contributed by atoms with Crippen LogP contribution in [-0.2, 0) is 0 Å². The van der Waals surface area contributed by atoms with Gasteiger partial charge >= 0.3 is 0 Å². The fourth-order valence-corrected chi connectivity index (χ4v) is 3.64. The molecule has 0 aromatic carbocycles. The Kier molecular flexibility index (Phi) is 4.50. The molecule has 0 spiro atoms. The van der Waals surface area contributed by atoms with E-state index in [1.54, 1.807) is 0 Å². The van der Waals surface area contributed by atoms with Gasteiger partial charge in [0, 0.05) is 19.6 Å². The molecular formula is C15H24ClN5. The van der Waals surface area contributed by atoms with Crippen molar-refractivity contribution in [3.63, 3.8) is 0 Å². The van der Waals surface area contributed by atoms with E-state index < -0.39 is 0 Å². The summed E-state index contributed by atoms with van der Waals surface area (Å²) in [5, 5.41) is 0.641. The number of anilines is 2. The van der Waals surface area contributed by atoms with E-state index in [4.69, 9.17) is 17.3 Å². The monoisotopic (exact) mass is 309 g/mol. The maximum absolute atomic E-state index is 6.34. The first-order valence-electron chi connectivity index (χ1n) is 7.90. The summed E-state index contributed by atoms with van der Waals surface area (Å²) in [5.41, 5.74) is 6.52. The van der Waals surface area contributed by atoms with Crippen molar-refractivity contribution in [2.45, 2.75) is 32.6 Å². The van der Waals surface area contributed by atoms with Crippen LogP contribution in [0.1, 0.15) is 31.4 Å². The van der Waals surface area contributed by atoms with Crippen LogP contribution in [0.25, 0.3) is 0 Å². The Morgan fingerprint density at radius 3 is 2.48 bits per heavy atom. The van der Waals surface area contributed by atoms with Crippen molar-refractivity contribution < 1.29 is 0 Å². The first kappa shape index (κ1) is 14.9. The molecule has 1 aromatic heterocycles. The minimum Gasteiger partial charge on any atom is -0.368 e. The van der Waals surface area contributed by atoms with E-state index in [1.165, 1.54) is 45.3 Å². The van der Waals surface area contributed by atoms with E-state index >= 15 is 0 Å². The third kappa shape index (κ3) is 3.40. The van der Waals surface area contributed by atoms with Crippen LogP contribution < -0.4 is 10.6 Å². The summed E-state index contributed by atoms with van der Waals surface area (Å²) in [6, 6.07) is 0. The van der Waals surface area contributed by atoms with Gasteiger partial charge in [-0.25, -0.2) is 4.98 Å². The lowest BCUT2D eigenvalue weighted by Gasteiger charge is -2.35. The van der Waals surface area contributed by atoms with Crippen LogP contribution in [-0.4, -0.2) is 47.6 Å². The van der Waals surface area contributed by atoms with Gasteiger partial charge in [0.2, 0.25) is 5.95 Å². The Balaban J connectivity index is 1.60. The molecule has 3 heterocycles. The van der Waals surface area contributed by atoms with Gasteiger partial charge in [0.1, 0.15) is 5.02 Å². The number of nitrogens with two attached hydrogens (primary N) is 1. The van der Waals surface area contributed by atoms with Crippen molar-refractivity contribution in [2.75, 3.05) is 43.4 Å². The zero-order chi connectivity index (χ0) is 14.8. The Hall–Kier alpha value is -1.07. The molecular weight excluding hydrogens is 286 g/mol. The van der Waals surface area contributed by atoms with E-state index in [0.29, 0.717) is 11.0 Å². The summed E-state index contributed by atoms with van der Waals surface area (Å²) in [6.07, 6.45) is 5.15. The van der Waals surface area contributed by atoms with Gasteiger partial charge in [-0.2, -0.15) is 4.98 Å². The maximum atomic E-state index is 6.34. The number of hydrogen-bond donors (Lipinski definition) is 1. The van der Waals surface area contributed by atoms with Crippen LogP contribution >= 0.6 is 11.6 Å². The van der Waals surface area contributed by atoms with E-state index in [2.05, 4.69) is 19.8 Å². The third-order valence-corrected chi connectivity index (χ3v) is 5.09. The topological polar surface area (TPSA) is 58.3 Å². The Morgan fingerprint density at radius 2 is 1.81 bits per heavy atom. The highest BCUT2D eigenvalue weighted by molar-refractivity contribution is 6.33. The second-order valence-electron chi connectivity index (χ2n) is 6.24. The molecule has 2 N–H and O–H groups in total. The molecule has 1 aromatic rings. The van der Waals surface area contributed by atoms with Gasteiger partial charge in [-0.1, -0.05) is 11.6 Å². The van der Waals surface area contributed by atoms with Crippen LogP contribution in [0.3, 0.4) is 0 Å². The molecule has 0 amide bonds. The van der Waals surface area contributed by atoms with Crippen LogP contribution in [0.5, 0.6) is 0 Å². The van der Waals surface area contributed by atoms with Gasteiger partial charge in [-0.3, -0.25) is 0 Å². The van der Waals surface area contributed by atoms with Gasteiger partial charge in [0.05, 0.1) is 5.69 Å². The normalized spacial score (nSPS) is 21.1. The molecule has 0 unspecified atom stereocenters. The van der Waals surface area contributed by atoms with E-state index in [1.807, 2.05) is 6.92 Å². The second-order valence-corrected chi connectivity index (χ2v) is 6.62. The number of piperidine rings is 1. The predicted octanol–water partition coefficient (Wildman–Crippen LogP) is 2.33. The highest BCUT2D eigenvalue weighted by Gasteiger charge is 2.25. The van der Waals surface area contributed by atoms with Gasteiger partial charge in [0.15, 0.2) is 5.82 Å². The molecule has 0 radical (unpaired) electrons. The smallest absolute Gasteiger partial charge is 0.222 e. The molecule has 2 fully saturated rings. The molecule has 0 bridgehead atoms. The average molecular weight is 310 g/mol. The van der Waals surface area contributed by atoms with Crippen LogP contribution in [0.4, 0.5) is 11.8 Å². The lowest BCUT2D eigenvalue weighted by Crippen LogP contribution is -2.38. The first-order chi connectivity index (χ1) is 10.1. The van der Waals surface area contributed by atoms with Crippen molar-refractivity contribution in [3.8, 4) is 0 Å². The molecule has 21 heavy (non-hydrogen) atoms. The number of likely N-dealkylation sites (tertiary alicyclic amines) is 1. The number of hydrogen-bond acceptors (Lipinski definition) is 5. The molecule has 116 valence electrons. The number of aromatic nitrogens is 2. The number of rotatable bonds is 3. The SMILES string of the molecule is Cc1nc(N)nc(N2CCC(CN3CCCC3)CC2)c1Cl. The van der Waals surface area contributed by atoms with Gasteiger partial charge < -0.3 is 15.5 Å². The Morgan fingerprint density at radius 1 is 1.14 bits per heavy atom. The highest BCUT2D eigenvalue weighted by atomic mass is 35.5. The van der Waals surface area contributed by atoms with Crippen molar-refractivity contribution >= 4 is 23.4 Å². The fourth-order valence-electron chi connectivity index (χ4n) is 3.43. The lowest BCUT2D eigenvalue weighted by atomic mass is 9.96. The molecule has 2 aliphatic heterocycles. The molecule has 0 atom stereocenters. The van der Waals surface area contributed by atoms with Crippen molar-refractivity contribution in [2.24, 2.45) is 5.92 Å². The summed E-state index contributed by atoms with van der Waals surface area (Å²) in [6.45, 7) is 7.72. The minimum absolute atomic E-state index is 0.311. The van der Waals surface area contributed by atoms with Crippen LogP contribution in [0.2, 0.25) is 5.02 Å². The zero-order valence-corrected chi connectivity index (χ0v) is 13.4. The van der Waals surface area contributed by atoms with Crippen molar-refractivity contribution in [1.29, 1.82) is 0 Å². The fraction of sp³-hybridized carbons (Fsp3) is 0.733. The first-order valence-corrected chi connectivity index (χ1v) is 8.28. The van der Waals surface area contributed by atoms with Gasteiger partial charge in [-0.05, 0) is 51.6 Å². The predicted molar refractivity (Wildman–Crippen MR) is 86.8 cm³/mol. The van der Waals surface area contributed by atoms with Crippen molar-refractivity contribution in [3.05, 3.63) is 10.7 Å². The summed E-state index contributed by atoms with van der Waals surface area (Å²) < 4.78 is 0. The highest BCUT2D eigenvalue weighted by Crippen LogP contribution is 2.30. The number of halogens is 1. The van der Waals surface area contributed by atoms with Gasteiger partial charge in [0.25, 0.3) is 0 Å². The molecule has 5 nitrogen and oxygen atoms in total. The molecule has 3 rings (SSSR count). The summed E-state index contributed by atoms with van der Waals surface area (Å²) in [7, 11) is 0. The quantitative estimate of drug-likeness (QED) is 0.928. The molecule has 0 saturated carbocycles. The summed E-state index contributed by atoms with van der Waals surface area (Å²) in [4.78, 5) is 13.3. The average Bonchev–Trinajstić information content (AvgIpc) is 2.97. The summed E-state index contributed by atoms with van der Waals surface area (Å²) >= 11 is 6.34. The summed E-state index contributed by atoms with van der Waals surface area (Å²) in [5.74, 6) is 1.92. The number of nitrogens with zero attached hydrogens (tertiary/aromatic N) is 4. The standard InChI is InChI=1S/C15H24ClN5/c1-11-13(16)14(19-15(17)18-11)21-8-4-12(5-9-21)10-20-6-2-3-7-20/h12H,2-10H2,1H3,(H2,17,18,19). The van der Waals surface area contributed by atoms with Crippen LogP contribution in [0.15, 0.2) is 0 Å². The lowest BCUT2D eigenvalue weighted by molar-refractivity contribution is 0.249. The van der Waals surface area contributed by atoms with Gasteiger partial charge in [-0.15, -0.1) is 0 Å². The molecule has 0 aliphatic carbocycles. The van der Waals surface area contributed by atoms with E-state index in [0.717, 1.165) is 30.5 Å².